The van der Waals surface area contributed by atoms with Crippen molar-refractivity contribution in [2.45, 2.75) is 309 Å². The van der Waals surface area contributed by atoms with E-state index in [9.17, 15) is 19.0 Å². The standard InChI is InChI=1S/C61H118NO8P/c1-6-8-10-12-14-16-18-20-22-24-25-26-27-28-29-30-31-32-33-34-35-36-37-38-40-42-44-46-48-50-52-54-61(64)70-59(58-69-71(65,66)68-56-55-62(3,4)5)57-67-60(63)53-51-49-47-45-43-41-39-23-21-19-17-15-13-11-9-7-2/h23-25,39,59H,6-22,26-38,40-58H2,1-5H3/b25-24-,39-23-. The molecule has 9 nitrogen and oxygen atoms in total. The highest BCUT2D eigenvalue weighted by Gasteiger charge is 2.22. The van der Waals surface area contributed by atoms with Gasteiger partial charge in [0.25, 0.3) is 7.82 Å². The summed E-state index contributed by atoms with van der Waals surface area (Å²) >= 11 is 0. The maximum atomic E-state index is 12.8. The Morgan fingerprint density at radius 2 is 0.718 bits per heavy atom. The minimum Gasteiger partial charge on any atom is -0.756 e. The number of phosphoric acid groups is 1. The zero-order valence-electron chi connectivity index (χ0n) is 47.7. The van der Waals surface area contributed by atoms with Crippen LogP contribution in [0, 0.1) is 0 Å². The number of hydrogen-bond acceptors (Lipinski definition) is 8. The Kier molecular flexibility index (Phi) is 52.2. The van der Waals surface area contributed by atoms with Gasteiger partial charge in [0.2, 0.25) is 0 Å². The molecule has 0 bridgehead atoms. The van der Waals surface area contributed by atoms with Crippen molar-refractivity contribution in [3.05, 3.63) is 24.3 Å². The third-order valence-electron chi connectivity index (χ3n) is 13.7. The highest BCUT2D eigenvalue weighted by atomic mass is 31.2. The molecule has 0 heterocycles. The molecule has 0 aliphatic carbocycles. The Hall–Kier alpha value is -1.51. The lowest BCUT2D eigenvalue weighted by molar-refractivity contribution is -0.870. The molecule has 0 aliphatic rings. The molecule has 0 spiro atoms. The minimum atomic E-state index is -4.63. The molecule has 0 aromatic heterocycles. The normalized spacial score (nSPS) is 13.4. The van der Waals surface area contributed by atoms with Gasteiger partial charge in [-0.1, -0.05) is 250 Å². The summed E-state index contributed by atoms with van der Waals surface area (Å²) in [5, 5.41) is 0. The van der Waals surface area contributed by atoms with Crippen molar-refractivity contribution in [2.24, 2.45) is 0 Å². The second kappa shape index (κ2) is 53.3. The number of rotatable bonds is 57. The summed E-state index contributed by atoms with van der Waals surface area (Å²) in [6.07, 6.45) is 63.8. The molecule has 10 heteroatoms. The number of likely N-dealkylation sites (N-methyl/N-ethyl adjacent to an activating group) is 1. The van der Waals surface area contributed by atoms with Gasteiger partial charge in [-0.25, -0.2) is 0 Å². The monoisotopic (exact) mass is 1020 g/mol. The molecule has 0 fully saturated rings. The zero-order chi connectivity index (χ0) is 52.0. The van der Waals surface area contributed by atoms with Crippen LogP contribution in [-0.2, 0) is 32.7 Å². The summed E-state index contributed by atoms with van der Waals surface area (Å²) in [6, 6.07) is 0. The fraction of sp³-hybridized carbons (Fsp3) is 0.902. The number of carbonyl (C=O) groups is 2. The third kappa shape index (κ3) is 57.6. The molecule has 420 valence electrons. The van der Waals surface area contributed by atoms with E-state index >= 15 is 0 Å². The number of carbonyl (C=O) groups excluding carboxylic acids is 2. The van der Waals surface area contributed by atoms with E-state index in [1.165, 1.54) is 218 Å². The van der Waals surface area contributed by atoms with Crippen LogP contribution in [0.2, 0.25) is 0 Å². The van der Waals surface area contributed by atoms with Crippen LogP contribution < -0.4 is 4.89 Å². The van der Waals surface area contributed by atoms with Crippen LogP contribution in [0.15, 0.2) is 24.3 Å². The van der Waals surface area contributed by atoms with Crippen molar-refractivity contribution in [3.8, 4) is 0 Å². The molecule has 0 N–H and O–H groups in total. The Morgan fingerprint density at radius 1 is 0.423 bits per heavy atom. The lowest BCUT2D eigenvalue weighted by Gasteiger charge is -2.28. The van der Waals surface area contributed by atoms with E-state index in [2.05, 4.69) is 38.2 Å². The molecular weight excluding hydrogens is 906 g/mol. The maximum Gasteiger partial charge on any atom is 0.306 e. The maximum absolute atomic E-state index is 12.8. The van der Waals surface area contributed by atoms with E-state index in [-0.39, 0.29) is 32.0 Å². The van der Waals surface area contributed by atoms with Crippen LogP contribution in [-0.4, -0.2) is 70.0 Å². The van der Waals surface area contributed by atoms with Crippen molar-refractivity contribution in [2.75, 3.05) is 47.5 Å². The second-order valence-corrected chi connectivity index (χ2v) is 23.5. The quantitative estimate of drug-likeness (QED) is 0.0195. The Balaban J connectivity index is 4.02. The van der Waals surface area contributed by atoms with Crippen molar-refractivity contribution < 1.29 is 42.1 Å². The topological polar surface area (TPSA) is 111 Å². The van der Waals surface area contributed by atoms with Gasteiger partial charge in [0.05, 0.1) is 27.7 Å². The van der Waals surface area contributed by atoms with Crippen LogP contribution in [0.25, 0.3) is 0 Å². The summed E-state index contributed by atoms with van der Waals surface area (Å²) in [7, 11) is 1.18. The average molecular weight is 1020 g/mol. The first-order chi connectivity index (χ1) is 34.5. The van der Waals surface area contributed by atoms with Gasteiger partial charge in [0, 0.05) is 12.8 Å². The smallest absolute Gasteiger partial charge is 0.306 e. The molecule has 0 rings (SSSR count). The molecule has 0 aromatic carbocycles. The van der Waals surface area contributed by atoms with E-state index in [1.807, 2.05) is 21.1 Å². The highest BCUT2D eigenvalue weighted by Crippen LogP contribution is 2.38. The van der Waals surface area contributed by atoms with Crippen LogP contribution >= 0.6 is 7.82 Å². The van der Waals surface area contributed by atoms with Gasteiger partial charge in [-0.2, -0.15) is 0 Å². The number of hydrogen-bond donors (Lipinski definition) is 0. The highest BCUT2D eigenvalue weighted by molar-refractivity contribution is 7.45. The Morgan fingerprint density at radius 3 is 1.04 bits per heavy atom. The number of ether oxygens (including phenoxy) is 2. The molecule has 0 amide bonds. The first kappa shape index (κ1) is 69.5. The van der Waals surface area contributed by atoms with Crippen molar-refractivity contribution >= 4 is 19.8 Å². The number of allylic oxidation sites excluding steroid dienone is 4. The zero-order valence-corrected chi connectivity index (χ0v) is 48.6. The average Bonchev–Trinajstić information content (AvgIpc) is 3.33. The van der Waals surface area contributed by atoms with Crippen LogP contribution in [0.3, 0.4) is 0 Å². The fourth-order valence-corrected chi connectivity index (χ4v) is 9.67. The van der Waals surface area contributed by atoms with Crippen LogP contribution in [0.4, 0.5) is 0 Å². The predicted octanol–water partition coefficient (Wildman–Crippen LogP) is 18.4. The van der Waals surface area contributed by atoms with Crippen molar-refractivity contribution in [3.63, 3.8) is 0 Å². The largest absolute Gasteiger partial charge is 0.756 e. The third-order valence-corrected chi connectivity index (χ3v) is 14.7. The number of unbranched alkanes of at least 4 members (excludes halogenated alkanes) is 39. The SMILES string of the molecule is CCCCCCCCC/C=C\CCCCCCCC(=O)OCC(COP(=O)([O-])OCC[N+](C)(C)C)OC(=O)CCCCCCCCCCCCCCCCCCCCC/C=C\CCCCCCCCCC. The molecule has 0 saturated carbocycles. The molecule has 0 aromatic rings. The summed E-state index contributed by atoms with van der Waals surface area (Å²) in [4.78, 5) is 37.8. The molecule has 2 atom stereocenters. The summed E-state index contributed by atoms with van der Waals surface area (Å²) in [6.45, 7) is 4.27. The van der Waals surface area contributed by atoms with Gasteiger partial charge in [0.1, 0.15) is 19.8 Å². The van der Waals surface area contributed by atoms with E-state index in [1.54, 1.807) is 0 Å². The molecular formula is C61H118NO8P. The Bertz CT molecular complexity index is 1250. The first-order valence-electron chi connectivity index (χ1n) is 30.5. The number of esters is 2. The number of nitrogens with zero attached hydrogens (tertiary/aromatic N) is 1. The lowest BCUT2D eigenvalue weighted by atomic mass is 10.0. The van der Waals surface area contributed by atoms with E-state index in [0.29, 0.717) is 17.4 Å². The first-order valence-corrected chi connectivity index (χ1v) is 32.0. The predicted molar refractivity (Wildman–Crippen MR) is 301 cm³/mol. The summed E-state index contributed by atoms with van der Waals surface area (Å²) in [5.74, 6) is -0.828. The molecule has 0 aliphatic heterocycles. The van der Waals surface area contributed by atoms with Crippen LogP contribution in [0.1, 0.15) is 303 Å². The van der Waals surface area contributed by atoms with Gasteiger partial charge >= 0.3 is 11.9 Å². The van der Waals surface area contributed by atoms with E-state index in [0.717, 1.165) is 51.4 Å². The Labute approximate surface area is 440 Å². The van der Waals surface area contributed by atoms with Crippen LogP contribution in [0.5, 0.6) is 0 Å². The minimum absolute atomic E-state index is 0.0294. The summed E-state index contributed by atoms with van der Waals surface area (Å²) in [5.41, 5.74) is 0. The molecule has 0 saturated heterocycles. The van der Waals surface area contributed by atoms with Gasteiger partial charge in [-0.05, 0) is 64.2 Å². The second-order valence-electron chi connectivity index (χ2n) is 22.1. The van der Waals surface area contributed by atoms with E-state index < -0.39 is 26.5 Å². The van der Waals surface area contributed by atoms with Crippen molar-refractivity contribution in [1.82, 2.24) is 0 Å². The number of phosphoric ester groups is 1. The fourth-order valence-electron chi connectivity index (χ4n) is 8.94. The van der Waals surface area contributed by atoms with Gasteiger partial charge in [0.15, 0.2) is 6.10 Å². The van der Waals surface area contributed by atoms with Gasteiger partial charge in [-0.15, -0.1) is 0 Å². The number of quaternary nitrogens is 1. The molecule has 71 heavy (non-hydrogen) atoms. The van der Waals surface area contributed by atoms with E-state index in [4.69, 9.17) is 18.5 Å². The lowest BCUT2D eigenvalue weighted by Crippen LogP contribution is -2.37. The van der Waals surface area contributed by atoms with Gasteiger partial charge in [-0.3, -0.25) is 14.2 Å². The van der Waals surface area contributed by atoms with Gasteiger partial charge < -0.3 is 27.9 Å². The molecule has 2 unspecified atom stereocenters. The summed E-state index contributed by atoms with van der Waals surface area (Å²) < 4.78 is 34.2. The molecule has 0 radical (unpaired) electrons. The van der Waals surface area contributed by atoms with Crippen molar-refractivity contribution in [1.29, 1.82) is 0 Å².